The molecular formula is C13H15IN4. The third-order valence-electron chi connectivity index (χ3n) is 4.35. The second kappa shape index (κ2) is 3.90. The number of fused-ring (bicyclic) bond motifs is 1. The lowest BCUT2D eigenvalue weighted by Crippen LogP contribution is -2.60. The van der Waals surface area contributed by atoms with Gasteiger partial charge in [0.15, 0.2) is 0 Å². The summed E-state index contributed by atoms with van der Waals surface area (Å²) in [6.07, 6.45) is 7.68. The van der Waals surface area contributed by atoms with Crippen LogP contribution in [0.25, 0.3) is 11.0 Å². The lowest BCUT2D eigenvalue weighted by Gasteiger charge is -2.54. The summed E-state index contributed by atoms with van der Waals surface area (Å²) in [7, 11) is 0. The van der Waals surface area contributed by atoms with Gasteiger partial charge in [-0.3, -0.25) is 0 Å². The Morgan fingerprint density at radius 1 is 1.39 bits per heavy atom. The number of aromatic amines is 1. The molecule has 4 nitrogen and oxygen atoms in total. The molecule has 3 heterocycles. The van der Waals surface area contributed by atoms with Gasteiger partial charge in [0.2, 0.25) is 0 Å². The molecule has 1 aliphatic heterocycles. The Balaban J connectivity index is 1.50. The van der Waals surface area contributed by atoms with Crippen LogP contribution in [0.5, 0.6) is 0 Å². The van der Waals surface area contributed by atoms with Gasteiger partial charge in [0.25, 0.3) is 0 Å². The molecule has 0 amide bonds. The highest BCUT2D eigenvalue weighted by atomic mass is 127. The summed E-state index contributed by atoms with van der Waals surface area (Å²) < 4.78 is 1.19. The Morgan fingerprint density at radius 3 is 2.94 bits per heavy atom. The van der Waals surface area contributed by atoms with Gasteiger partial charge in [0.05, 0.1) is 5.39 Å². The number of nitrogens with zero attached hydrogens (tertiary/aromatic N) is 2. The zero-order valence-electron chi connectivity index (χ0n) is 10.0. The second-order valence-electron chi connectivity index (χ2n) is 5.77. The van der Waals surface area contributed by atoms with Crippen LogP contribution in [0.1, 0.15) is 18.7 Å². The van der Waals surface area contributed by atoms with E-state index in [2.05, 4.69) is 42.9 Å². The van der Waals surface area contributed by atoms with Gasteiger partial charge >= 0.3 is 0 Å². The maximum absolute atomic E-state index is 4.62. The lowest BCUT2D eigenvalue weighted by molar-refractivity contribution is 0.0000797. The molecule has 2 N–H and O–H groups in total. The second-order valence-corrected chi connectivity index (χ2v) is 6.93. The summed E-state index contributed by atoms with van der Waals surface area (Å²) in [6.45, 7) is 2.44. The van der Waals surface area contributed by atoms with Gasteiger partial charge in [0, 0.05) is 35.5 Å². The first-order valence-corrected chi connectivity index (χ1v) is 7.51. The third-order valence-corrected chi connectivity index (χ3v) is 5.24. The SMILES string of the molecule is Ic1c[nH]c2nc(CC3CC4(CNC4)C3)ncc12. The van der Waals surface area contributed by atoms with E-state index in [9.17, 15) is 0 Å². The van der Waals surface area contributed by atoms with Crippen molar-refractivity contribution in [2.75, 3.05) is 13.1 Å². The molecule has 0 atom stereocenters. The number of rotatable bonds is 2. The third kappa shape index (κ3) is 1.67. The number of nitrogens with one attached hydrogen (secondary N) is 2. The predicted molar refractivity (Wildman–Crippen MR) is 78.3 cm³/mol. The number of aromatic nitrogens is 3. The number of halogens is 1. The Bertz CT molecular complexity index is 594. The summed E-state index contributed by atoms with van der Waals surface area (Å²) >= 11 is 2.31. The van der Waals surface area contributed by atoms with Crippen molar-refractivity contribution in [1.82, 2.24) is 20.3 Å². The number of hydrogen-bond donors (Lipinski definition) is 2. The molecule has 1 spiro atoms. The summed E-state index contributed by atoms with van der Waals surface area (Å²) in [5, 5.41) is 4.51. The standard InChI is InChI=1S/C13H15IN4/c14-10-5-17-12-9(10)4-16-11(18-12)1-8-2-13(3-8)6-15-7-13/h4-5,8,15H,1-3,6-7H2,(H,16,17,18). The largest absolute Gasteiger partial charge is 0.345 e. The molecule has 1 saturated heterocycles. The maximum atomic E-state index is 4.62. The molecule has 0 bridgehead atoms. The van der Waals surface area contributed by atoms with Crippen LogP contribution in [0, 0.1) is 14.9 Å². The first kappa shape index (κ1) is 11.2. The van der Waals surface area contributed by atoms with Gasteiger partial charge in [-0.25, -0.2) is 9.97 Å². The van der Waals surface area contributed by atoms with Crippen molar-refractivity contribution in [1.29, 1.82) is 0 Å². The number of H-pyrrole nitrogens is 1. The maximum Gasteiger partial charge on any atom is 0.142 e. The minimum absolute atomic E-state index is 0.649. The Morgan fingerprint density at radius 2 is 2.22 bits per heavy atom. The van der Waals surface area contributed by atoms with Crippen molar-refractivity contribution >= 4 is 33.6 Å². The van der Waals surface area contributed by atoms with Crippen molar-refractivity contribution in [3.05, 3.63) is 21.8 Å². The average molecular weight is 354 g/mol. The molecule has 0 unspecified atom stereocenters. The van der Waals surface area contributed by atoms with Crippen LogP contribution >= 0.6 is 22.6 Å². The fraction of sp³-hybridized carbons (Fsp3) is 0.538. The van der Waals surface area contributed by atoms with Crippen LogP contribution in [0.4, 0.5) is 0 Å². The highest BCUT2D eigenvalue weighted by molar-refractivity contribution is 14.1. The van der Waals surface area contributed by atoms with E-state index in [4.69, 9.17) is 0 Å². The molecule has 4 rings (SSSR count). The van der Waals surface area contributed by atoms with Crippen LogP contribution in [0.2, 0.25) is 0 Å². The van der Waals surface area contributed by atoms with Crippen LogP contribution in [0.15, 0.2) is 12.4 Å². The fourth-order valence-corrected chi connectivity index (χ4v) is 3.90. The summed E-state index contributed by atoms with van der Waals surface area (Å²) in [5.74, 6) is 1.78. The van der Waals surface area contributed by atoms with E-state index < -0.39 is 0 Å². The normalized spacial score (nSPS) is 22.1. The van der Waals surface area contributed by atoms with Crippen molar-refractivity contribution in [2.24, 2.45) is 11.3 Å². The van der Waals surface area contributed by atoms with Crippen LogP contribution in [-0.4, -0.2) is 28.0 Å². The van der Waals surface area contributed by atoms with Crippen molar-refractivity contribution < 1.29 is 0 Å². The molecule has 1 aliphatic carbocycles. The smallest absolute Gasteiger partial charge is 0.142 e. The average Bonchev–Trinajstić information content (AvgIpc) is 2.62. The van der Waals surface area contributed by atoms with Gasteiger partial charge in [-0.2, -0.15) is 0 Å². The molecule has 1 saturated carbocycles. The molecule has 5 heteroatoms. The molecule has 0 aromatic carbocycles. The zero-order valence-corrected chi connectivity index (χ0v) is 12.2. The predicted octanol–water partition coefficient (Wildman–Crippen LogP) is 2.10. The first-order valence-electron chi connectivity index (χ1n) is 6.43. The highest BCUT2D eigenvalue weighted by Crippen LogP contribution is 2.49. The van der Waals surface area contributed by atoms with E-state index >= 15 is 0 Å². The number of hydrogen-bond acceptors (Lipinski definition) is 3. The van der Waals surface area contributed by atoms with Crippen LogP contribution in [0.3, 0.4) is 0 Å². The van der Waals surface area contributed by atoms with E-state index in [1.54, 1.807) is 0 Å². The topological polar surface area (TPSA) is 53.6 Å². The summed E-state index contributed by atoms with van der Waals surface area (Å²) in [4.78, 5) is 12.3. The minimum atomic E-state index is 0.649. The van der Waals surface area contributed by atoms with Crippen LogP contribution < -0.4 is 5.32 Å². The molecule has 18 heavy (non-hydrogen) atoms. The Kier molecular flexibility index (Phi) is 2.42. The van der Waals surface area contributed by atoms with E-state index in [-0.39, 0.29) is 0 Å². The molecule has 2 aromatic rings. The molecule has 0 radical (unpaired) electrons. The van der Waals surface area contributed by atoms with E-state index in [1.165, 1.54) is 29.5 Å². The zero-order chi connectivity index (χ0) is 12.2. The Hall–Kier alpha value is -0.690. The fourth-order valence-electron chi connectivity index (χ4n) is 3.35. The van der Waals surface area contributed by atoms with Gasteiger partial charge in [-0.15, -0.1) is 0 Å². The summed E-state index contributed by atoms with van der Waals surface area (Å²) in [5.41, 5.74) is 1.63. The van der Waals surface area contributed by atoms with Gasteiger partial charge in [0.1, 0.15) is 11.5 Å². The quantitative estimate of drug-likeness (QED) is 0.813. The molecule has 2 aliphatic rings. The minimum Gasteiger partial charge on any atom is -0.345 e. The van der Waals surface area contributed by atoms with Crippen molar-refractivity contribution in [3.63, 3.8) is 0 Å². The van der Waals surface area contributed by atoms with Crippen LogP contribution in [-0.2, 0) is 6.42 Å². The first-order chi connectivity index (χ1) is 8.74. The molecule has 2 aromatic heterocycles. The van der Waals surface area contributed by atoms with Gasteiger partial charge in [-0.1, -0.05) is 0 Å². The lowest BCUT2D eigenvalue weighted by atomic mass is 9.58. The van der Waals surface area contributed by atoms with E-state index in [0.717, 1.165) is 29.2 Å². The summed E-state index contributed by atoms with van der Waals surface area (Å²) in [6, 6.07) is 0. The molecule has 94 valence electrons. The molecule has 2 fully saturated rings. The van der Waals surface area contributed by atoms with Crippen molar-refractivity contribution in [2.45, 2.75) is 19.3 Å². The Labute approximate surface area is 119 Å². The highest BCUT2D eigenvalue weighted by Gasteiger charge is 2.48. The monoisotopic (exact) mass is 354 g/mol. The van der Waals surface area contributed by atoms with Crippen molar-refractivity contribution in [3.8, 4) is 0 Å². The van der Waals surface area contributed by atoms with Gasteiger partial charge < -0.3 is 10.3 Å². The molecular weight excluding hydrogens is 339 g/mol. The van der Waals surface area contributed by atoms with E-state index in [0.29, 0.717) is 5.41 Å². The van der Waals surface area contributed by atoms with E-state index in [1.807, 2.05) is 12.4 Å². The van der Waals surface area contributed by atoms with Gasteiger partial charge in [-0.05, 0) is 46.8 Å².